The van der Waals surface area contributed by atoms with Crippen LogP contribution < -0.4 is 28.5 Å². The first kappa shape index (κ1) is 18.1. The third-order valence-electron chi connectivity index (χ3n) is 0. The average Bonchev–Trinajstić information content (AvgIpc) is 1.00. The van der Waals surface area contributed by atoms with E-state index in [1.54, 1.807) is 0 Å². The Kier molecular flexibility index (Phi) is 117. The molecule has 25 valence electrons. The van der Waals surface area contributed by atoms with Crippen molar-refractivity contribution in [2.45, 2.75) is 0 Å². The van der Waals surface area contributed by atoms with Crippen molar-refractivity contribution in [2.75, 3.05) is 0 Å². The molecule has 0 saturated heterocycles. The molecule has 2 N–H and O–H groups in total. The zero-order valence-electron chi connectivity index (χ0n) is 1.83. The average molecular weight is 265 g/mol. The van der Waals surface area contributed by atoms with E-state index in [-0.39, 0.29) is 24.8 Å². The molecule has 4 heteroatoms. The normalized spacial score (nSPS) is 1.75. The molecule has 0 aliphatic carbocycles. The van der Waals surface area contributed by atoms with E-state index in [0.717, 1.165) is 24.7 Å². The van der Waals surface area contributed by atoms with E-state index in [1.165, 1.54) is 0 Å². The summed E-state index contributed by atoms with van der Waals surface area (Å²) in [4.78, 5) is 0. The minimum atomic E-state index is 0. The molecule has 0 aromatic carbocycles. The summed E-state index contributed by atoms with van der Waals surface area (Å²) >= 11 is 0.806. The summed E-state index contributed by atoms with van der Waals surface area (Å²) in [5.41, 5.74) is 0. The molecule has 0 amide bonds. The zero-order chi connectivity index (χ0) is 2.00. The van der Waals surface area contributed by atoms with Crippen LogP contribution in [0.2, 0.25) is 0 Å². The van der Waals surface area contributed by atoms with E-state index in [9.17, 15) is 0 Å². The summed E-state index contributed by atoms with van der Waals surface area (Å²) in [6.45, 7) is 0. The van der Waals surface area contributed by atoms with Gasteiger partial charge in [0.2, 0.25) is 0 Å². The topological polar surface area (TPSA) is 26.0 Å². The molecule has 0 bridgehead atoms. The van der Waals surface area contributed by atoms with Crippen LogP contribution >= 0.6 is 0 Å². The van der Waals surface area contributed by atoms with Crippen LogP contribution in [0.15, 0.2) is 0 Å². The predicted molar refractivity (Wildman–Crippen MR) is 4.19 cm³/mol. The van der Waals surface area contributed by atoms with Crippen molar-refractivity contribution in [3.63, 3.8) is 0 Å². The molecule has 0 aliphatic heterocycles. The Morgan fingerprint density at radius 2 is 1.00 bits per heavy atom. The molecular weight excluding hydrogens is 263 g/mol. The third kappa shape index (κ3) is 9.96. The van der Waals surface area contributed by atoms with Crippen LogP contribution in [0.5, 0.6) is 0 Å². The number of rotatable bonds is 0. The monoisotopic (exact) mass is 266 g/mol. The van der Waals surface area contributed by atoms with Gasteiger partial charge in [0.05, 0.1) is 0 Å². The Morgan fingerprint density at radius 1 is 1.00 bits per heavy atom. The summed E-state index contributed by atoms with van der Waals surface area (Å²) < 4.78 is 4.64. The van der Waals surface area contributed by atoms with Gasteiger partial charge in [0.25, 0.3) is 0 Å². The standard InChI is InChI=1S/2ClH.Hf.H2N/h2*1H;;1H2/q;;+3;-1/p-2. The van der Waals surface area contributed by atoms with E-state index in [0.29, 0.717) is 0 Å². The Hall–Kier alpha value is 1.41. The third-order valence-corrected chi connectivity index (χ3v) is 0. The SMILES string of the molecule is [Cl-].[Cl-].[NH2][Hf+2]. The second-order valence-electron chi connectivity index (χ2n) is 0. The summed E-state index contributed by atoms with van der Waals surface area (Å²) in [7, 11) is 0. The van der Waals surface area contributed by atoms with Crippen molar-refractivity contribution in [3.05, 3.63) is 0 Å². The molecule has 0 unspecified atom stereocenters. The Morgan fingerprint density at radius 3 is 1.00 bits per heavy atom. The molecule has 0 spiro atoms. The van der Waals surface area contributed by atoms with Gasteiger partial charge in [-0.3, -0.25) is 0 Å². The molecule has 0 atom stereocenters. The molecule has 4 heavy (non-hydrogen) atoms. The fraction of sp³-hybridized carbons (Fsp3) is 0. The molecule has 0 radical (unpaired) electrons. The molecule has 0 aromatic rings. The van der Waals surface area contributed by atoms with Gasteiger partial charge in [-0.05, 0) is 0 Å². The van der Waals surface area contributed by atoms with Crippen molar-refractivity contribution in [2.24, 2.45) is 3.72 Å². The number of hydrogen-bond acceptors (Lipinski definition) is 1. The van der Waals surface area contributed by atoms with Gasteiger partial charge in [-0.25, -0.2) is 0 Å². The van der Waals surface area contributed by atoms with E-state index in [4.69, 9.17) is 0 Å². The van der Waals surface area contributed by atoms with Gasteiger partial charge in [-0.15, -0.1) is 0 Å². The van der Waals surface area contributed by atoms with Gasteiger partial charge < -0.3 is 24.8 Å². The maximum atomic E-state index is 4.64. The molecular formula is H2Cl2HfN. The van der Waals surface area contributed by atoms with Gasteiger partial charge in [-0.1, -0.05) is 0 Å². The van der Waals surface area contributed by atoms with Gasteiger partial charge >= 0.3 is 28.4 Å². The van der Waals surface area contributed by atoms with Gasteiger partial charge in [-0.2, -0.15) is 0 Å². The summed E-state index contributed by atoms with van der Waals surface area (Å²) in [5.74, 6) is 0. The molecule has 0 heterocycles. The molecule has 0 fully saturated rings. The van der Waals surface area contributed by atoms with E-state index < -0.39 is 0 Å². The molecule has 0 saturated carbocycles. The van der Waals surface area contributed by atoms with Crippen LogP contribution in [0, 0.1) is 0 Å². The fourth-order valence-corrected chi connectivity index (χ4v) is 0. The number of halogens is 2. The van der Waals surface area contributed by atoms with Gasteiger partial charge in [0, 0.05) is 0 Å². The van der Waals surface area contributed by atoms with Crippen molar-refractivity contribution < 1.29 is 49.5 Å². The quantitative estimate of drug-likeness (QED) is 0.433. The Balaban J connectivity index is -0.00000000500. The van der Waals surface area contributed by atoms with Crippen LogP contribution in [-0.4, -0.2) is 0 Å². The van der Waals surface area contributed by atoms with Crippen molar-refractivity contribution in [3.8, 4) is 0 Å². The first-order chi connectivity index (χ1) is 1.00. The Labute approximate surface area is 53.1 Å². The summed E-state index contributed by atoms with van der Waals surface area (Å²) in [5, 5.41) is 0. The van der Waals surface area contributed by atoms with E-state index >= 15 is 0 Å². The van der Waals surface area contributed by atoms with Crippen molar-refractivity contribution in [1.82, 2.24) is 0 Å². The van der Waals surface area contributed by atoms with Crippen LogP contribution in [0.25, 0.3) is 0 Å². The second-order valence-corrected chi connectivity index (χ2v) is 0. The Bertz CT molecular complexity index is 6.00. The molecule has 1 nitrogen and oxygen atoms in total. The number of hydrogen-bond donors (Lipinski definition) is 1. The van der Waals surface area contributed by atoms with E-state index in [2.05, 4.69) is 3.72 Å². The van der Waals surface area contributed by atoms with Crippen LogP contribution in [0.4, 0.5) is 0 Å². The first-order valence-corrected chi connectivity index (χ1v) is 2.36. The van der Waals surface area contributed by atoms with Crippen LogP contribution in [0.3, 0.4) is 0 Å². The van der Waals surface area contributed by atoms with Crippen molar-refractivity contribution in [1.29, 1.82) is 0 Å². The zero-order valence-corrected chi connectivity index (χ0v) is 6.94. The first-order valence-electron chi connectivity index (χ1n) is 0.289. The van der Waals surface area contributed by atoms with Crippen molar-refractivity contribution >= 4 is 0 Å². The van der Waals surface area contributed by atoms with Crippen LogP contribution in [0.1, 0.15) is 0 Å². The fourth-order valence-electron chi connectivity index (χ4n) is 0. The van der Waals surface area contributed by atoms with Gasteiger partial charge in [0.15, 0.2) is 0 Å². The number of nitrogens with two attached hydrogens (primary N) is 1. The summed E-state index contributed by atoms with van der Waals surface area (Å²) in [6, 6.07) is 0. The van der Waals surface area contributed by atoms with E-state index in [1.807, 2.05) is 0 Å². The molecule has 0 rings (SSSR count). The predicted octanol–water partition coefficient (Wildman–Crippen LogP) is -6.59. The molecule has 0 aliphatic rings. The van der Waals surface area contributed by atoms with Gasteiger partial charge in [0.1, 0.15) is 0 Å². The maximum absolute atomic E-state index is 4.64. The summed E-state index contributed by atoms with van der Waals surface area (Å²) in [6.07, 6.45) is 0. The molecule has 0 aromatic heterocycles. The van der Waals surface area contributed by atoms with Crippen LogP contribution in [-0.2, 0) is 24.7 Å². The second kappa shape index (κ2) is 25.8. The minimum absolute atomic E-state index is 0.